The van der Waals surface area contributed by atoms with Crippen molar-refractivity contribution in [3.63, 3.8) is 0 Å². The predicted octanol–water partition coefficient (Wildman–Crippen LogP) is 1.95. The Morgan fingerprint density at radius 2 is 2.28 bits per heavy atom. The van der Waals surface area contributed by atoms with E-state index >= 15 is 0 Å². The van der Waals surface area contributed by atoms with Crippen LogP contribution < -0.4 is 5.32 Å². The summed E-state index contributed by atoms with van der Waals surface area (Å²) in [5.74, 6) is -0.122. The van der Waals surface area contributed by atoms with E-state index in [1.807, 2.05) is 0 Å². The predicted molar refractivity (Wildman–Crippen MR) is 71.8 cm³/mol. The smallest absolute Gasteiger partial charge is 0.254 e. The number of likely N-dealkylation sites (tertiary alicyclic amines) is 1. The number of piperidine rings is 1. The minimum absolute atomic E-state index is 0.122. The number of pyridine rings is 1. The molecule has 0 spiro atoms. The standard InChI is InChI=1S/C13H18ClN3O/c1-2-17-8-5-10(6-9-17)16-13(18)11-4-3-7-15-12(11)14/h3-4,7,10H,2,5-6,8-9H2,1H3,(H,16,18). The Bertz CT molecular complexity index is 416. The van der Waals surface area contributed by atoms with E-state index in [2.05, 4.69) is 22.1 Å². The lowest BCUT2D eigenvalue weighted by Gasteiger charge is -2.31. The topological polar surface area (TPSA) is 45.2 Å². The molecule has 5 heteroatoms. The molecule has 1 fully saturated rings. The van der Waals surface area contributed by atoms with Crippen molar-refractivity contribution in [3.8, 4) is 0 Å². The maximum absolute atomic E-state index is 12.0. The molecule has 1 N–H and O–H groups in total. The molecule has 0 atom stereocenters. The molecule has 18 heavy (non-hydrogen) atoms. The molecule has 1 amide bonds. The molecule has 0 aliphatic carbocycles. The number of hydrogen-bond acceptors (Lipinski definition) is 3. The Hall–Kier alpha value is -1.13. The average Bonchev–Trinajstić information content (AvgIpc) is 2.40. The van der Waals surface area contributed by atoms with Crippen molar-refractivity contribution in [2.45, 2.75) is 25.8 Å². The first-order valence-corrected chi connectivity index (χ1v) is 6.72. The molecule has 2 rings (SSSR count). The number of carbonyl (C=O) groups excluding carboxylic acids is 1. The van der Waals surface area contributed by atoms with Crippen molar-refractivity contribution in [2.24, 2.45) is 0 Å². The molecule has 1 aliphatic heterocycles. The van der Waals surface area contributed by atoms with Gasteiger partial charge in [-0.3, -0.25) is 4.79 Å². The van der Waals surface area contributed by atoms with Crippen LogP contribution in [0.25, 0.3) is 0 Å². The summed E-state index contributed by atoms with van der Waals surface area (Å²) in [6.07, 6.45) is 3.58. The number of rotatable bonds is 3. The maximum atomic E-state index is 12.0. The molecule has 1 saturated heterocycles. The lowest BCUT2D eigenvalue weighted by Crippen LogP contribution is -2.44. The molecule has 0 bridgehead atoms. The van der Waals surface area contributed by atoms with Crippen LogP contribution in [0.4, 0.5) is 0 Å². The zero-order valence-corrected chi connectivity index (χ0v) is 11.3. The van der Waals surface area contributed by atoms with Gasteiger partial charge in [-0.1, -0.05) is 18.5 Å². The minimum Gasteiger partial charge on any atom is -0.349 e. The summed E-state index contributed by atoms with van der Waals surface area (Å²) in [4.78, 5) is 18.3. The highest BCUT2D eigenvalue weighted by Crippen LogP contribution is 2.14. The third-order valence-electron chi connectivity index (χ3n) is 3.37. The number of nitrogens with one attached hydrogen (secondary N) is 1. The van der Waals surface area contributed by atoms with Gasteiger partial charge in [0.25, 0.3) is 5.91 Å². The van der Waals surface area contributed by atoms with Gasteiger partial charge < -0.3 is 10.2 Å². The SMILES string of the molecule is CCN1CCC(NC(=O)c2cccnc2Cl)CC1. The van der Waals surface area contributed by atoms with Crippen molar-refractivity contribution in [3.05, 3.63) is 29.0 Å². The summed E-state index contributed by atoms with van der Waals surface area (Å²) in [6, 6.07) is 3.67. The fourth-order valence-electron chi connectivity index (χ4n) is 2.21. The number of nitrogens with zero attached hydrogens (tertiary/aromatic N) is 2. The summed E-state index contributed by atoms with van der Waals surface area (Å²) < 4.78 is 0. The van der Waals surface area contributed by atoms with Gasteiger partial charge in [0.2, 0.25) is 0 Å². The first kappa shape index (κ1) is 13.3. The number of carbonyl (C=O) groups is 1. The normalized spacial score (nSPS) is 17.7. The molecule has 0 radical (unpaired) electrons. The molecule has 1 aromatic rings. The van der Waals surface area contributed by atoms with Crippen LogP contribution in [0, 0.1) is 0 Å². The van der Waals surface area contributed by atoms with E-state index in [4.69, 9.17) is 11.6 Å². The Labute approximate surface area is 112 Å². The lowest BCUT2D eigenvalue weighted by atomic mass is 10.0. The largest absolute Gasteiger partial charge is 0.349 e. The van der Waals surface area contributed by atoms with Crippen molar-refractivity contribution < 1.29 is 4.79 Å². The molecular weight excluding hydrogens is 250 g/mol. The second-order valence-corrected chi connectivity index (χ2v) is 4.88. The van der Waals surface area contributed by atoms with Crippen LogP contribution in [0.15, 0.2) is 18.3 Å². The minimum atomic E-state index is -0.122. The Kier molecular flexibility index (Phi) is 4.55. The molecule has 98 valence electrons. The van der Waals surface area contributed by atoms with Crippen molar-refractivity contribution in [2.75, 3.05) is 19.6 Å². The lowest BCUT2D eigenvalue weighted by molar-refractivity contribution is 0.0912. The van der Waals surface area contributed by atoms with E-state index < -0.39 is 0 Å². The van der Waals surface area contributed by atoms with Gasteiger partial charge in [0.15, 0.2) is 0 Å². The van der Waals surface area contributed by atoms with Gasteiger partial charge >= 0.3 is 0 Å². The summed E-state index contributed by atoms with van der Waals surface area (Å²) in [5, 5.41) is 3.30. The van der Waals surface area contributed by atoms with Gasteiger partial charge in [-0.05, 0) is 31.5 Å². The highest BCUT2D eigenvalue weighted by molar-refractivity contribution is 6.32. The molecular formula is C13H18ClN3O. The molecule has 1 aliphatic rings. The van der Waals surface area contributed by atoms with Crippen LogP contribution in [0.3, 0.4) is 0 Å². The molecule has 2 heterocycles. The van der Waals surface area contributed by atoms with Crippen LogP contribution >= 0.6 is 11.6 Å². The van der Waals surface area contributed by atoms with Gasteiger partial charge in [-0.15, -0.1) is 0 Å². The Morgan fingerprint density at radius 3 is 2.89 bits per heavy atom. The first-order valence-electron chi connectivity index (χ1n) is 6.34. The zero-order chi connectivity index (χ0) is 13.0. The van der Waals surface area contributed by atoms with E-state index in [1.54, 1.807) is 18.3 Å². The zero-order valence-electron chi connectivity index (χ0n) is 10.5. The van der Waals surface area contributed by atoms with Gasteiger partial charge in [-0.25, -0.2) is 4.98 Å². The van der Waals surface area contributed by atoms with E-state index in [-0.39, 0.29) is 17.1 Å². The third-order valence-corrected chi connectivity index (χ3v) is 3.67. The van der Waals surface area contributed by atoms with Crippen LogP contribution in [-0.4, -0.2) is 41.5 Å². The fraction of sp³-hybridized carbons (Fsp3) is 0.538. The number of aromatic nitrogens is 1. The van der Waals surface area contributed by atoms with Crippen molar-refractivity contribution >= 4 is 17.5 Å². The molecule has 0 saturated carbocycles. The summed E-state index contributed by atoms with van der Waals surface area (Å²) in [6.45, 7) is 5.33. The highest BCUT2D eigenvalue weighted by Gasteiger charge is 2.21. The molecule has 1 aromatic heterocycles. The van der Waals surface area contributed by atoms with Crippen LogP contribution in [0.2, 0.25) is 5.15 Å². The van der Waals surface area contributed by atoms with Crippen LogP contribution in [0.1, 0.15) is 30.1 Å². The van der Waals surface area contributed by atoms with Crippen molar-refractivity contribution in [1.29, 1.82) is 0 Å². The fourth-order valence-corrected chi connectivity index (χ4v) is 2.42. The van der Waals surface area contributed by atoms with Gasteiger partial charge in [0.05, 0.1) is 5.56 Å². The quantitative estimate of drug-likeness (QED) is 0.852. The summed E-state index contributed by atoms with van der Waals surface area (Å²) in [5.41, 5.74) is 0.456. The molecule has 0 unspecified atom stereocenters. The number of amides is 1. The van der Waals surface area contributed by atoms with Gasteiger partial charge in [0.1, 0.15) is 5.15 Å². The molecule has 0 aromatic carbocycles. The molecule has 4 nitrogen and oxygen atoms in total. The Morgan fingerprint density at radius 1 is 1.56 bits per heavy atom. The van der Waals surface area contributed by atoms with Gasteiger partial charge in [0, 0.05) is 25.3 Å². The second-order valence-electron chi connectivity index (χ2n) is 4.52. The van der Waals surface area contributed by atoms with Crippen molar-refractivity contribution in [1.82, 2.24) is 15.2 Å². The number of hydrogen-bond donors (Lipinski definition) is 1. The summed E-state index contributed by atoms with van der Waals surface area (Å²) in [7, 11) is 0. The van der Waals surface area contributed by atoms with Crippen LogP contribution in [0.5, 0.6) is 0 Å². The third kappa shape index (κ3) is 3.21. The maximum Gasteiger partial charge on any atom is 0.254 e. The first-order chi connectivity index (χ1) is 8.70. The van der Waals surface area contributed by atoms with Gasteiger partial charge in [-0.2, -0.15) is 0 Å². The van der Waals surface area contributed by atoms with E-state index in [1.165, 1.54) is 0 Å². The van der Waals surface area contributed by atoms with E-state index in [0.717, 1.165) is 32.5 Å². The summed E-state index contributed by atoms with van der Waals surface area (Å²) >= 11 is 5.90. The average molecular weight is 268 g/mol. The monoisotopic (exact) mass is 267 g/mol. The Balaban J connectivity index is 1.91. The number of halogens is 1. The van der Waals surface area contributed by atoms with Crippen LogP contribution in [-0.2, 0) is 0 Å². The second kappa shape index (κ2) is 6.16. The van der Waals surface area contributed by atoms with E-state index in [0.29, 0.717) is 5.56 Å². The van der Waals surface area contributed by atoms with E-state index in [9.17, 15) is 4.79 Å². The highest BCUT2D eigenvalue weighted by atomic mass is 35.5.